The second kappa shape index (κ2) is 10.3. The molecule has 0 saturated carbocycles. The highest BCUT2D eigenvalue weighted by Gasteiger charge is 2.14. The highest BCUT2D eigenvalue weighted by molar-refractivity contribution is 5.89. The summed E-state index contributed by atoms with van der Waals surface area (Å²) < 4.78 is 10.6. The number of ether oxygens (including phenoxy) is 2. The molecule has 1 unspecified atom stereocenters. The van der Waals surface area contributed by atoms with Crippen LogP contribution in [0.4, 0.5) is 0 Å². The summed E-state index contributed by atoms with van der Waals surface area (Å²) in [5, 5.41) is 9.20. The maximum Gasteiger partial charge on any atom is 0.371 e. The third-order valence-electron chi connectivity index (χ3n) is 3.31. The summed E-state index contributed by atoms with van der Waals surface area (Å²) in [6, 6.07) is 9.11. The molecule has 24 heavy (non-hydrogen) atoms. The number of hydrogen-bond acceptors (Lipinski definition) is 4. The van der Waals surface area contributed by atoms with E-state index in [9.17, 15) is 14.7 Å². The van der Waals surface area contributed by atoms with E-state index in [1.807, 2.05) is 25.1 Å². The Bertz CT molecular complexity index is 589. The van der Waals surface area contributed by atoms with Crippen LogP contribution < -0.4 is 0 Å². The highest BCUT2D eigenvalue weighted by atomic mass is 16.5. The molecule has 0 bridgehead atoms. The lowest BCUT2D eigenvalue weighted by molar-refractivity contribution is -0.144. The van der Waals surface area contributed by atoms with E-state index >= 15 is 0 Å². The summed E-state index contributed by atoms with van der Waals surface area (Å²) in [6.45, 7) is 7.32. The minimum absolute atomic E-state index is 0.104. The Labute approximate surface area is 142 Å². The molecule has 0 heterocycles. The molecule has 1 atom stereocenters. The van der Waals surface area contributed by atoms with Crippen LogP contribution in [0.2, 0.25) is 0 Å². The lowest BCUT2D eigenvalue weighted by Crippen LogP contribution is -2.18. The minimum Gasteiger partial charge on any atom is -0.487 e. The summed E-state index contributed by atoms with van der Waals surface area (Å²) in [6.07, 6.45) is 3.14. The van der Waals surface area contributed by atoms with Gasteiger partial charge in [0.2, 0.25) is 5.76 Å². The molecule has 0 aliphatic heterocycles. The Morgan fingerprint density at radius 3 is 2.50 bits per heavy atom. The summed E-state index contributed by atoms with van der Waals surface area (Å²) >= 11 is 0. The van der Waals surface area contributed by atoms with Crippen LogP contribution >= 0.6 is 0 Å². The van der Waals surface area contributed by atoms with Crippen LogP contribution in [0.25, 0.3) is 6.08 Å². The van der Waals surface area contributed by atoms with Gasteiger partial charge in [-0.1, -0.05) is 43.8 Å². The molecule has 0 spiro atoms. The Hall–Kier alpha value is -2.56. The Balaban J connectivity index is 2.48. The van der Waals surface area contributed by atoms with Gasteiger partial charge in [-0.2, -0.15) is 0 Å². The first-order chi connectivity index (χ1) is 11.4. The summed E-state index contributed by atoms with van der Waals surface area (Å²) in [5.41, 5.74) is 1.13. The van der Waals surface area contributed by atoms with Crippen molar-refractivity contribution in [3.05, 3.63) is 53.8 Å². The minimum atomic E-state index is -1.11. The first-order valence-corrected chi connectivity index (χ1v) is 7.93. The average molecular weight is 332 g/mol. The standard InChI is InChI=1S/C19H24O5/c1-4-16(24-19(22)14(2)3)11-8-12-23-17(18(20)21)13-15-9-6-5-7-10-15/h5-7,9-10,13,16H,2,4,8,11-12H2,1,3H3,(H,20,21). The van der Waals surface area contributed by atoms with E-state index in [4.69, 9.17) is 9.47 Å². The van der Waals surface area contributed by atoms with Crippen molar-refractivity contribution in [3.8, 4) is 0 Å². The smallest absolute Gasteiger partial charge is 0.371 e. The average Bonchev–Trinajstić information content (AvgIpc) is 2.56. The molecule has 130 valence electrons. The second-order valence-electron chi connectivity index (χ2n) is 5.43. The van der Waals surface area contributed by atoms with Crippen molar-refractivity contribution in [1.29, 1.82) is 0 Å². The number of hydrogen-bond donors (Lipinski definition) is 1. The van der Waals surface area contributed by atoms with E-state index in [0.717, 1.165) is 5.56 Å². The van der Waals surface area contributed by atoms with E-state index < -0.39 is 11.9 Å². The van der Waals surface area contributed by atoms with Gasteiger partial charge >= 0.3 is 11.9 Å². The van der Waals surface area contributed by atoms with Crippen LogP contribution in [0.5, 0.6) is 0 Å². The van der Waals surface area contributed by atoms with E-state index in [-0.39, 0.29) is 18.5 Å². The number of carboxylic acids is 1. The van der Waals surface area contributed by atoms with Gasteiger partial charge in [0, 0.05) is 5.57 Å². The van der Waals surface area contributed by atoms with Gasteiger partial charge in [0.05, 0.1) is 6.61 Å². The maximum atomic E-state index is 11.5. The fourth-order valence-corrected chi connectivity index (χ4v) is 1.96. The molecule has 1 aromatic carbocycles. The molecule has 1 aromatic rings. The topological polar surface area (TPSA) is 72.8 Å². The molecule has 5 heteroatoms. The molecule has 0 radical (unpaired) electrons. The Morgan fingerprint density at radius 2 is 1.96 bits per heavy atom. The molecule has 1 N–H and O–H groups in total. The van der Waals surface area contributed by atoms with Gasteiger partial charge < -0.3 is 14.6 Å². The van der Waals surface area contributed by atoms with Crippen molar-refractivity contribution >= 4 is 18.0 Å². The summed E-state index contributed by atoms with van der Waals surface area (Å²) in [7, 11) is 0. The lowest BCUT2D eigenvalue weighted by Gasteiger charge is -2.16. The van der Waals surface area contributed by atoms with Crippen LogP contribution in [0.1, 0.15) is 38.7 Å². The fourth-order valence-electron chi connectivity index (χ4n) is 1.96. The largest absolute Gasteiger partial charge is 0.487 e. The monoisotopic (exact) mass is 332 g/mol. The normalized spacial score (nSPS) is 12.3. The van der Waals surface area contributed by atoms with Crippen molar-refractivity contribution in [2.45, 2.75) is 39.2 Å². The van der Waals surface area contributed by atoms with E-state index in [1.165, 1.54) is 6.08 Å². The van der Waals surface area contributed by atoms with Gasteiger partial charge in [-0.15, -0.1) is 0 Å². The van der Waals surface area contributed by atoms with Gasteiger partial charge in [-0.3, -0.25) is 0 Å². The zero-order chi connectivity index (χ0) is 17.9. The van der Waals surface area contributed by atoms with Crippen LogP contribution in [0.3, 0.4) is 0 Å². The Morgan fingerprint density at radius 1 is 1.29 bits per heavy atom. The molecular formula is C19H24O5. The van der Waals surface area contributed by atoms with Crippen LogP contribution in [-0.2, 0) is 19.1 Å². The molecule has 0 aromatic heterocycles. The number of benzene rings is 1. The molecule has 0 amide bonds. The lowest BCUT2D eigenvalue weighted by atomic mass is 10.1. The van der Waals surface area contributed by atoms with E-state index in [1.54, 1.807) is 19.1 Å². The SMILES string of the molecule is C=C(C)C(=O)OC(CC)CCCOC(=Cc1ccccc1)C(=O)O. The van der Waals surface area contributed by atoms with Gasteiger partial charge in [-0.05, 0) is 37.8 Å². The van der Waals surface area contributed by atoms with Gasteiger partial charge in [0.1, 0.15) is 6.10 Å². The van der Waals surface area contributed by atoms with Gasteiger partial charge in [-0.25, -0.2) is 9.59 Å². The Kier molecular flexibility index (Phi) is 8.33. The zero-order valence-electron chi connectivity index (χ0n) is 14.2. The zero-order valence-corrected chi connectivity index (χ0v) is 14.2. The van der Waals surface area contributed by atoms with Crippen molar-refractivity contribution in [1.82, 2.24) is 0 Å². The quantitative estimate of drug-likeness (QED) is 0.305. The van der Waals surface area contributed by atoms with Crippen molar-refractivity contribution < 1.29 is 24.2 Å². The molecule has 1 rings (SSSR count). The molecular weight excluding hydrogens is 308 g/mol. The first-order valence-electron chi connectivity index (χ1n) is 7.93. The number of carbonyl (C=O) groups excluding carboxylic acids is 1. The van der Waals surface area contributed by atoms with Crippen LogP contribution in [0, 0.1) is 0 Å². The van der Waals surface area contributed by atoms with E-state index in [0.29, 0.717) is 24.8 Å². The third kappa shape index (κ3) is 7.13. The third-order valence-corrected chi connectivity index (χ3v) is 3.31. The highest BCUT2D eigenvalue weighted by Crippen LogP contribution is 2.12. The number of esters is 1. The predicted octanol–water partition coefficient (Wildman–Crippen LogP) is 3.81. The molecule has 0 aliphatic rings. The number of rotatable bonds is 10. The van der Waals surface area contributed by atoms with Crippen molar-refractivity contribution in [2.75, 3.05) is 6.61 Å². The number of carbonyl (C=O) groups is 2. The second-order valence-corrected chi connectivity index (χ2v) is 5.43. The number of aliphatic carboxylic acids is 1. The van der Waals surface area contributed by atoms with E-state index in [2.05, 4.69) is 6.58 Å². The molecule has 0 saturated heterocycles. The first kappa shape index (κ1) is 19.5. The summed E-state index contributed by atoms with van der Waals surface area (Å²) in [5.74, 6) is -1.62. The fraction of sp³-hybridized carbons (Fsp3) is 0.368. The van der Waals surface area contributed by atoms with Crippen LogP contribution in [0.15, 0.2) is 48.2 Å². The van der Waals surface area contributed by atoms with Crippen LogP contribution in [-0.4, -0.2) is 29.8 Å². The molecule has 0 aliphatic carbocycles. The van der Waals surface area contributed by atoms with Gasteiger partial charge in [0.15, 0.2) is 0 Å². The van der Waals surface area contributed by atoms with Crippen molar-refractivity contribution in [3.63, 3.8) is 0 Å². The number of carboxylic acid groups (broad SMARTS) is 1. The van der Waals surface area contributed by atoms with Gasteiger partial charge in [0.25, 0.3) is 0 Å². The maximum absolute atomic E-state index is 11.5. The molecule has 0 fully saturated rings. The predicted molar refractivity (Wildman–Crippen MR) is 92.2 cm³/mol. The molecule has 5 nitrogen and oxygen atoms in total. The van der Waals surface area contributed by atoms with Crippen molar-refractivity contribution in [2.24, 2.45) is 0 Å². The summed E-state index contributed by atoms with van der Waals surface area (Å²) in [4.78, 5) is 22.7.